The van der Waals surface area contributed by atoms with Crippen molar-refractivity contribution in [2.45, 2.75) is 52.4 Å². The molecule has 0 radical (unpaired) electrons. The second-order valence-corrected chi connectivity index (χ2v) is 9.66. The highest BCUT2D eigenvalue weighted by molar-refractivity contribution is 5.81. The molecular formula is C27H27F3N8O2. The average Bonchev–Trinajstić information content (AvgIpc) is 3.56. The number of aromatic nitrogens is 5. The lowest BCUT2D eigenvalue weighted by molar-refractivity contribution is -0.124. The first kappa shape index (κ1) is 26.9. The van der Waals surface area contributed by atoms with Crippen LogP contribution in [-0.2, 0) is 24.3 Å². The maximum Gasteiger partial charge on any atom is 0.333 e. The van der Waals surface area contributed by atoms with E-state index in [1.807, 2.05) is 0 Å². The van der Waals surface area contributed by atoms with Gasteiger partial charge in [-0.3, -0.25) is 14.2 Å². The summed E-state index contributed by atoms with van der Waals surface area (Å²) >= 11 is 0. The van der Waals surface area contributed by atoms with E-state index in [9.17, 15) is 22.8 Å². The molecule has 0 aliphatic carbocycles. The van der Waals surface area contributed by atoms with Crippen molar-refractivity contribution in [1.29, 1.82) is 0 Å². The fraction of sp³-hybridized carbons (Fsp3) is 0.296. The number of anilines is 2. The summed E-state index contributed by atoms with van der Waals surface area (Å²) < 4.78 is 42.2. The lowest BCUT2D eigenvalue weighted by atomic mass is 10.1. The Bertz CT molecular complexity index is 1630. The van der Waals surface area contributed by atoms with Crippen molar-refractivity contribution in [3.8, 4) is 11.3 Å². The molecule has 3 aromatic heterocycles. The largest absolute Gasteiger partial charge is 0.384 e. The van der Waals surface area contributed by atoms with Crippen LogP contribution in [0.15, 0.2) is 47.5 Å². The van der Waals surface area contributed by atoms with Gasteiger partial charge in [0.2, 0.25) is 5.91 Å². The Morgan fingerprint density at radius 3 is 2.67 bits per heavy atom. The van der Waals surface area contributed by atoms with Gasteiger partial charge in [0, 0.05) is 36.2 Å². The van der Waals surface area contributed by atoms with Crippen molar-refractivity contribution >= 4 is 17.5 Å². The Balaban J connectivity index is 1.49. The number of alkyl halides is 2. The summed E-state index contributed by atoms with van der Waals surface area (Å²) in [7, 11) is 0. The maximum absolute atomic E-state index is 13.9. The summed E-state index contributed by atoms with van der Waals surface area (Å²) in [4.78, 5) is 35.6. The lowest BCUT2D eigenvalue weighted by Crippen LogP contribution is -2.36. The molecule has 10 nitrogen and oxygen atoms in total. The van der Waals surface area contributed by atoms with E-state index in [1.54, 1.807) is 32.0 Å². The smallest absolute Gasteiger partial charge is 0.333 e. The van der Waals surface area contributed by atoms with E-state index < -0.39 is 24.0 Å². The zero-order chi connectivity index (χ0) is 28.6. The number of nitrogens with one attached hydrogen (secondary N) is 2. The Morgan fingerprint density at radius 2 is 1.98 bits per heavy atom. The van der Waals surface area contributed by atoms with Crippen LogP contribution in [0, 0.1) is 19.7 Å². The number of rotatable bonds is 8. The van der Waals surface area contributed by atoms with E-state index in [-0.39, 0.29) is 36.1 Å². The maximum atomic E-state index is 13.9. The molecule has 0 saturated carbocycles. The predicted molar refractivity (Wildman–Crippen MR) is 142 cm³/mol. The number of pyridine rings is 1. The molecule has 13 heteroatoms. The van der Waals surface area contributed by atoms with Gasteiger partial charge in [-0.05, 0) is 61.6 Å². The number of nitrogens with zero attached hydrogens (tertiary/aromatic N) is 5. The number of fused-ring (bicyclic) bond motifs is 1. The van der Waals surface area contributed by atoms with Crippen LogP contribution in [0.5, 0.6) is 0 Å². The van der Waals surface area contributed by atoms with Crippen LogP contribution in [0.25, 0.3) is 11.3 Å². The normalized spacial score (nSPS) is 14.4. The molecule has 1 unspecified atom stereocenters. The minimum Gasteiger partial charge on any atom is -0.384 e. The van der Waals surface area contributed by atoms with Crippen LogP contribution in [-0.4, -0.2) is 30.2 Å². The van der Waals surface area contributed by atoms with Gasteiger partial charge in [-0.15, -0.1) is 0 Å². The second-order valence-electron chi connectivity index (χ2n) is 9.66. The van der Waals surface area contributed by atoms with Gasteiger partial charge in [0.1, 0.15) is 17.7 Å². The first-order valence-electron chi connectivity index (χ1n) is 12.6. The highest BCUT2D eigenvalue weighted by atomic mass is 19.3. The van der Waals surface area contributed by atoms with Gasteiger partial charge in [-0.1, -0.05) is 12.1 Å². The molecular weight excluding hydrogens is 525 g/mol. The van der Waals surface area contributed by atoms with Crippen molar-refractivity contribution in [3.05, 3.63) is 87.0 Å². The average molecular weight is 553 g/mol. The van der Waals surface area contributed by atoms with E-state index in [0.717, 1.165) is 11.8 Å². The van der Waals surface area contributed by atoms with Crippen LogP contribution in [0.3, 0.4) is 0 Å². The van der Waals surface area contributed by atoms with Crippen molar-refractivity contribution in [3.63, 3.8) is 0 Å². The topological polar surface area (TPSA) is 133 Å². The van der Waals surface area contributed by atoms with E-state index >= 15 is 0 Å². The fourth-order valence-corrected chi connectivity index (χ4v) is 4.90. The molecule has 0 bridgehead atoms. The number of hydrogen-bond acceptors (Lipinski definition) is 7. The van der Waals surface area contributed by atoms with Crippen LogP contribution >= 0.6 is 0 Å². The zero-order valence-corrected chi connectivity index (χ0v) is 21.8. The van der Waals surface area contributed by atoms with Crippen LogP contribution < -0.4 is 21.9 Å². The van der Waals surface area contributed by atoms with Gasteiger partial charge in [0.05, 0.1) is 11.9 Å². The Kier molecular flexibility index (Phi) is 7.28. The molecule has 0 spiro atoms. The van der Waals surface area contributed by atoms with E-state index in [2.05, 4.69) is 25.7 Å². The molecule has 208 valence electrons. The SMILES string of the molecule is Cc1cc(F)cc(CNc2nc(-c3cnn(C(F)F)c3)c3n(c2=O)C(C(=O)NCc2ccc(N)nc2C)CC3)c1. The number of amides is 1. The number of aryl methyl sites for hydroxylation is 2. The van der Waals surface area contributed by atoms with Crippen molar-refractivity contribution < 1.29 is 18.0 Å². The third-order valence-corrected chi connectivity index (χ3v) is 6.78. The minimum absolute atomic E-state index is 0.0796. The first-order chi connectivity index (χ1) is 19.1. The third kappa shape index (κ3) is 5.40. The van der Waals surface area contributed by atoms with Gasteiger partial charge in [-0.2, -0.15) is 13.9 Å². The quantitative estimate of drug-likeness (QED) is 0.304. The fourth-order valence-electron chi connectivity index (χ4n) is 4.90. The predicted octanol–water partition coefficient (Wildman–Crippen LogP) is 3.65. The number of carbonyl (C=O) groups is 1. The summed E-state index contributed by atoms with van der Waals surface area (Å²) in [5.74, 6) is -0.528. The van der Waals surface area contributed by atoms with Crippen LogP contribution in [0.1, 0.15) is 47.1 Å². The van der Waals surface area contributed by atoms with Crippen LogP contribution in [0.4, 0.5) is 24.8 Å². The highest BCUT2D eigenvalue weighted by Gasteiger charge is 2.33. The van der Waals surface area contributed by atoms with E-state index in [1.165, 1.54) is 22.9 Å². The summed E-state index contributed by atoms with van der Waals surface area (Å²) in [5, 5.41) is 9.50. The van der Waals surface area contributed by atoms with Gasteiger partial charge in [0.15, 0.2) is 5.82 Å². The number of nitrogen functional groups attached to an aromatic ring is 1. The first-order valence-corrected chi connectivity index (χ1v) is 12.6. The molecule has 0 fully saturated rings. The molecule has 1 aliphatic rings. The summed E-state index contributed by atoms with van der Waals surface area (Å²) in [6.07, 6.45) is 3.01. The lowest BCUT2D eigenvalue weighted by Gasteiger charge is -2.18. The molecule has 1 aliphatic heterocycles. The molecule has 1 amide bonds. The number of carbonyl (C=O) groups excluding carboxylic acids is 1. The number of benzene rings is 1. The van der Waals surface area contributed by atoms with Crippen molar-refractivity contribution in [1.82, 2.24) is 29.6 Å². The molecule has 1 aromatic carbocycles. The molecule has 1 atom stereocenters. The highest BCUT2D eigenvalue weighted by Crippen LogP contribution is 2.32. The summed E-state index contributed by atoms with van der Waals surface area (Å²) in [5.41, 5.74) is 8.88. The standard InChI is InChI=1S/C27H27F3N8O2/c1-14-7-16(9-19(28)8-14)10-32-24-26(40)38-20(23(36-24)18-12-34-37(13-18)27(29)30)4-5-21(38)25(39)33-11-17-3-6-22(31)35-15(17)2/h3,6-9,12-13,21,27H,4-5,10-11H2,1-2H3,(H2,31,35)(H,32,36)(H,33,39). The molecule has 40 heavy (non-hydrogen) atoms. The molecule has 4 heterocycles. The van der Waals surface area contributed by atoms with Crippen molar-refractivity contribution in [2.24, 2.45) is 0 Å². The molecule has 4 aromatic rings. The zero-order valence-electron chi connectivity index (χ0n) is 21.8. The number of halogens is 3. The number of nitrogens with two attached hydrogens (primary N) is 1. The Hall–Kier alpha value is -4.68. The Labute approximate surface area is 227 Å². The van der Waals surface area contributed by atoms with Gasteiger partial charge >= 0.3 is 6.55 Å². The van der Waals surface area contributed by atoms with Crippen molar-refractivity contribution in [2.75, 3.05) is 11.1 Å². The third-order valence-electron chi connectivity index (χ3n) is 6.78. The van der Waals surface area contributed by atoms with Gasteiger partial charge in [-0.25, -0.2) is 19.0 Å². The molecule has 4 N–H and O–H groups in total. The Morgan fingerprint density at radius 1 is 1.18 bits per heavy atom. The second kappa shape index (κ2) is 10.8. The van der Waals surface area contributed by atoms with Gasteiger partial charge in [0.25, 0.3) is 5.56 Å². The van der Waals surface area contributed by atoms with Gasteiger partial charge < -0.3 is 16.4 Å². The summed E-state index contributed by atoms with van der Waals surface area (Å²) in [6.45, 7) is 0.937. The van der Waals surface area contributed by atoms with E-state index in [4.69, 9.17) is 5.73 Å². The number of hydrogen-bond donors (Lipinski definition) is 3. The molecule has 0 saturated heterocycles. The monoisotopic (exact) mass is 552 g/mol. The van der Waals surface area contributed by atoms with E-state index in [0.29, 0.717) is 45.9 Å². The minimum atomic E-state index is -2.85. The molecule has 5 rings (SSSR count). The van der Waals surface area contributed by atoms with Crippen LogP contribution in [0.2, 0.25) is 0 Å². The summed E-state index contributed by atoms with van der Waals surface area (Å²) in [6, 6.07) is 7.04.